The van der Waals surface area contributed by atoms with Crippen molar-refractivity contribution < 1.29 is 9.84 Å². The van der Waals surface area contributed by atoms with Crippen LogP contribution in [-0.4, -0.2) is 48.2 Å². The predicted molar refractivity (Wildman–Crippen MR) is 214 cm³/mol. The number of hydrogen-bond acceptors (Lipinski definition) is 4. The van der Waals surface area contributed by atoms with Crippen LogP contribution in [-0.2, 0) is 36.8 Å². The average Bonchev–Trinajstić information content (AvgIpc) is 3.81. The van der Waals surface area contributed by atoms with Crippen LogP contribution >= 0.6 is 0 Å². The molecule has 2 unspecified atom stereocenters. The lowest BCUT2D eigenvalue weighted by atomic mass is 9.66. The lowest BCUT2D eigenvalue weighted by Gasteiger charge is -2.38. The number of nitrogens with zero attached hydrogens (tertiary/aromatic N) is 2. The Bertz CT molecular complexity index is 2230. The molecule has 6 aromatic rings. The Hall–Kier alpha value is -5.16. The molecule has 10 rings (SSSR count). The van der Waals surface area contributed by atoms with E-state index in [0.29, 0.717) is 5.75 Å². The van der Waals surface area contributed by atoms with Crippen molar-refractivity contribution in [3.63, 3.8) is 0 Å². The van der Waals surface area contributed by atoms with Gasteiger partial charge < -0.3 is 9.84 Å². The second-order valence-corrected chi connectivity index (χ2v) is 15.6. The van der Waals surface area contributed by atoms with Gasteiger partial charge in [-0.1, -0.05) is 121 Å². The van der Waals surface area contributed by atoms with Crippen molar-refractivity contribution in [1.82, 2.24) is 9.80 Å². The van der Waals surface area contributed by atoms with Crippen molar-refractivity contribution in [2.75, 3.05) is 33.3 Å². The van der Waals surface area contributed by atoms with Gasteiger partial charge in [0.15, 0.2) is 0 Å². The summed E-state index contributed by atoms with van der Waals surface area (Å²) >= 11 is 0. The predicted octanol–water partition coefficient (Wildman–Crippen LogP) is 9.28. The van der Waals surface area contributed by atoms with Gasteiger partial charge in [0.2, 0.25) is 0 Å². The Kier molecular flexibility index (Phi) is 8.89. The second-order valence-electron chi connectivity index (χ2n) is 15.6. The molecular weight excluding hydrogens is 649 g/mol. The van der Waals surface area contributed by atoms with E-state index in [9.17, 15) is 5.11 Å². The van der Waals surface area contributed by atoms with Gasteiger partial charge in [-0.15, -0.1) is 0 Å². The van der Waals surface area contributed by atoms with E-state index in [-0.39, 0.29) is 10.8 Å². The Morgan fingerprint density at radius 1 is 0.509 bits per heavy atom. The highest BCUT2D eigenvalue weighted by molar-refractivity contribution is 5.58. The SMILES string of the molecule is COc1ccc2c(c1)Cc1ccccc1C21CCN(Cc2ccccc2)C1.Oc1ccc2c(c1)Cc1ccccc1C21CCN(Cc2ccccc2)C1. The van der Waals surface area contributed by atoms with Crippen LogP contribution in [0.25, 0.3) is 0 Å². The maximum Gasteiger partial charge on any atom is 0.119 e. The smallest absolute Gasteiger partial charge is 0.119 e. The molecule has 266 valence electrons. The summed E-state index contributed by atoms with van der Waals surface area (Å²) in [6.07, 6.45) is 4.23. The molecule has 0 radical (unpaired) electrons. The zero-order valence-corrected chi connectivity index (χ0v) is 30.7. The van der Waals surface area contributed by atoms with Crippen LogP contribution in [0.5, 0.6) is 11.5 Å². The zero-order valence-electron chi connectivity index (χ0n) is 30.7. The molecule has 4 aliphatic rings. The van der Waals surface area contributed by atoms with E-state index in [1.54, 1.807) is 7.11 Å². The van der Waals surface area contributed by atoms with Gasteiger partial charge in [0.05, 0.1) is 7.11 Å². The van der Waals surface area contributed by atoms with Gasteiger partial charge in [0, 0.05) is 37.0 Å². The molecule has 2 fully saturated rings. The Morgan fingerprint density at radius 2 is 0.962 bits per heavy atom. The number of phenolic OH excluding ortho intramolecular Hbond substituents is 1. The number of methoxy groups -OCH3 is 1. The fourth-order valence-electron chi connectivity index (χ4n) is 10.1. The van der Waals surface area contributed by atoms with Gasteiger partial charge in [0.1, 0.15) is 11.5 Å². The molecule has 2 atom stereocenters. The van der Waals surface area contributed by atoms with Gasteiger partial charge in [-0.3, -0.25) is 9.80 Å². The summed E-state index contributed by atoms with van der Waals surface area (Å²) in [6.45, 7) is 6.38. The molecule has 53 heavy (non-hydrogen) atoms. The summed E-state index contributed by atoms with van der Waals surface area (Å²) in [5.41, 5.74) is 14.4. The van der Waals surface area contributed by atoms with Crippen molar-refractivity contribution in [1.29, 1.82) is 0 Å². The van der Waals surface area contributed by atoms with Crippen molar-refractivity contribution in [2.24, 2.45) is 0 Å². The molecule has 4 nitrogen and oxygen atoms in total. The monoisotopic (exact) mass is 696 g/mol. The topological polar surface area (TPSA) is 35.9 Å². The molecule has 0 amide bonds. The van der Waals surface area contributed by atoms with E-state index in [4.69, 9.17) is 4.74 Å². The molecule has 2 aliphatic heterocycles. The maximum atomic E-state index is 10.0. The third kappa shape index (κ3) is 6.24. The third-order valence-corrected chi connectivity index (χ3v) is 12.5. The molecule has 2 spiro atoms. The molecule has 0 saturated carbocycles. The van der Waals surface area contributed by atoms with E-state index in [2.05, 4.69) is 143 Å². The van der Waals surface area contributed by atoms with Crippen LogP contribution in [0.1, 0.15) is 68.5 Å². The van der Waals surface area contributed by atoms with E-state index >= 15 is 0 Å². The van der Waals surface area contributed by atoms with Crippen molar-refractivity contribution in [3.8, 4) is 11.5 Å². The molecule has 0 bridgehead atoms. The number of ether oxygens (including phenoxy) is 1. The molecule has 1 N–H and O–H groups in total. The summed E-state index contributed by atoms with van der Waals surface area (Å²) in [4.78, 5) is 5.19. The summed E-state index contributed by atoms with van der Waals surface area (Å²) in [5, 5.41) is 10.0. The molecule has 2 aliphatic carbocycles. The number of likely N-dealkylation sites (tertiary alicyclic amines) is 2. The number of benzene rings is 6. The highest BCUT2D eigenvalue weighted by Crippen LogP contribution is 2.50. The number of rotatable bonds is 5. The van der Waals surface area contributed by atoms with Gasteiger partial charge in [-0.05, 0) is 119 Å². The number of fused-ring (bicyclic) bond motifs is 8. The second kappa shape index (κ2) is 14.0. The molecule has 2 saturated heterocycles. The fourth-order valence-corrected chi connectivity index (χ4v) is 10.1. The largest absolute Gasteiger partial charge is 0.508 e. The zero-order chi connectivity index (χ0) is 35.8. The molecule has 6 aromatic carbocycles. The summed E-state index contributed by atoms with van der Waals surface area (Å²) in [7, 11) is 1.76. The van der Waals surface area contributed by atoms with Crippen molar-refractivity contribution >= 4 is 0 Å². The summed E-state index contributed by atoms with van der Waals surface area (Å²) in [5.74, 6) is 1.33. The van der Waals surface area contributed by atoms with Crippen LogP contribution < -0.4 is 4.74 Å². The van der Waals surface area contributed by atoms with E-state index in [0.717, 1.165) is 64.3 Å². The number of phenols is 1. The highest BCUT2D eigenvalue weighted by atomic mass is 16.5. The Morgan fingerprint density at radius 3 is 1.49 bits per heavy atom. The average molecular weight is 697 g/mol. The standard InChI is InChI=1S/C25H25NO.C24H23NO/c1-27-22-11-12-24-21(16-22)15-20-9-5-6-10-23(20)25(24)13-14-26(18-25)17-19-7-3-2-4-8-19;26-21-10-11-23-20(15-21)14-19-8-4-5-9-22(19)24(23)12-13-25(17-24)16-18-6-2-1-3-7-18/h2-12,16H,13-15,17-18H2,1H3;1-11,15,26H,12-14,16-17H2. The molecule has 2 heterocycles. The third-order valence-electron chi connectivity index (χ3n) is 12.5. The summed E-state index contributed by atoms with van der Waals surface area (Å²) < 4.78 is 5.51. The highest BCUT2D eigenvalue weighted by Gasteiger charge is 2.46. The lowest BCUT2D eigenvalue weighted by molar-refractivity contribution is 0.313. The van der Waals surface area contributed by atoms with Crippen LogP contribution in [0, 0.1) is 0 Å². The van der Waals surface area contributed by atoms with Crippen LogP contribution in [0.4, 0.5) is 0 Å². The first-order valence-corrected chi connectivity index (χ1v) is 19.2. The quantitative estimate of drug-likeness (QED) is 0.195. The van der Waals surface area contributed by atoms with Gasteiger partial charge in [0.25, 0.3) is 0 Å². The molecule has 4 heteroatoms. The van der Waals surface area contributed by atoms with E-state index < -0.39 is 0 Å². The first kappa shape index (κ1) is 33.7. The minimum atomic E-state index is 0.0483. The number of hydrogen-bond donors (Lipinski definition) is 1. The van der Waals surface area contributed by atoms with Crippen molar-refractivity contribution in [2.45, 2.75) is 49.6 Å². The van der Waals surface area contributed by atoms with E-state index in [1.165, 1.54) is 62.1 Å². The normalized spacial score (nSPS) is 21.3. The van der Waals surface area contributed by atoms with E-state index in [1.807, 2.05) is 12.1 Å². The van der Waals surface area contributed by atoms with Gasteiger partial charge in [-0.25, -0.2) is 0 Å². The number of aromatic hydroxyl groups is 1. The van der Waals surface area contributed by atoms with Crippen LogP contribution in [0.15, 0.2) is 146 Å². The molecular formula is C49H48N2O2. The first-order valence-electron chi connectivity index (χ1n) is 19.2. The Labute approximate surface area is 314 Å². The fraction of sp³-hybridized carbons (Fsp3) is 0.265. The van der Waals surface area contributed by atoms with Gasteiger partial charge in [-0.2, -0.15) is 0 Å². The van der Waals surface area contributed by atoms with Crippen LogP contribution in [0.2, 0.25) is 0 Å². The lowest BCUT2D eigenvalue weighted by Crippen LogP contribution is -2.36. The molecule has 0 aromatic heterocycles. The van der Waals surface area contributed by atoms with Crippen molar-refractivity contribution in [3.05, 3.63) is 201 Å². The minimum Gasteiger partial charge on any atom is -0.508 e. The maximum absolute atomic E-state index is 10.0. The Balaban J connectivity index is 0.000000141. The van der Waals surface area contributed by atoms with Gasteiger partial charge >= 0.3 is 0 Å². The first-order chi connectivity index (χ1) is 26.0. The van der Waals surface area contributed by atoms with Crippen LogP contribution in [0.3, 0.4) is 0 Å². The summed E-state index contributed by atoms with van der Waals surface area (Å²) in [6, 6.07) is 52.2. The minimum absolute atomic E-state index is 0.0483.